The highest BCUT2D eigenvalue weighted by molar-refractivity contribution is 5.14. The van der Waals surface area contributed by atoms with Gasteiger partial charge < -0.3 is 0 Å². The van der Waals surface area contributed by atoms with Crippen molar-refractivity contribution in [2.24, 2.45) is 0 Å². The molecule has 0 unspecified atom stereocenters. The lowest BCUT2D eigenvalue weighted by Crippen LogP contribution is -1.93. The Kier molecular flexibility index (Phi) is 83.7. The van der Waals surface area contributed by atoms with E-state index in [0.717, 1.165) is 22.9 Å². The van der Waals surface area contributed by atoms with E-state index in [2.05, 4.69) is 187 Å². The predicted octanol–water partition coefficient (Wildman–Crippen LogP) is 22.2. The third-order valence-corrected chi connectivity index (χ3v) is 9.90. The molecule has 8 rings (SSSR count). The summed E-state index contributed by atoms with van der Waals surface area (Å²) in [4.78, 5) is 39.8. The van der Waals surface area contributed by atoms with Gasteiger partial charge in [0.05, 0.1) is 17.6 Å². The molecule has 8 heterocycles. The van der Waals surface area contributed by atoms with Crippen LogP contribution in [0.3, 0.4) is 0 Å². The van der Waals surface area contributed by atoms with Gasteiger partial charge >= 0.3 is 0 Å². The average Bonchev–Trinajstić information content (AvgIpc) is 3.61. The molecule has 0 radical (unpaired) electrons. The molecule has 0 bridgehead atoms. The highest BCUT2D eigenvalue weighted by atomic mass is 15.1. The molecule has 88 heavy (non-hydrogen) atoms. The van der Waals surface area contributed by atoms with E-state index < -0.39 is 0 Å². The van der Waals surface area contributed by atoms with Crippen molar-refractivity contribution in [2.75, 3.05) is 0 Å². The van der Waals surface area contributed by atoms with Crippen LogP contribution in [-0.2, 0) is 0 Å². The van der Waals surface area contributed by atoms with Gasteiger partial charge in [0.15, 0.2) is 0 Å². The van der Waals surface area contributed by atoms with Gasteiger partial charge in [0.25, 0.3) is 0 Å². The number of hydrogen-bond donors (Lipinski definition) is 0. The number of nitrogens with zero attached hydrogens (tertiary/aromatic N) is 14. The van der Waals surface area contributed by atoms with Crippen LogP contribution < -0.4 is 0 Å². The Morgan fingerprint density at radius 1 is 0.227 bits per heavy atom. The molecule has 0 amide bonds. The van der Waals surface area contributed by atoms with Crippen molar-refractivity contribution in [3.8, 4) is 0 Å². The SMILES string of the molecule is CC.CC.CC.CC.CC.CC.CC.CC.CC(C)c1cccnc1.CC(C)c1cccnn1.CC(C)c1ccncc1.CC(C)c1ccncn1.CC(C)c1ccnnc1.CC(C)c1cnccn1.CC(C)c1cncnc1.CC(C)c1ncccn1. The highest BCUT2D eigenvalue weighted by Crippen LogP contribution is 2.13. The van der Waals surface area contributed by atoms with Gasteiger partial charge in [0, 0.05) is 98.4 Å². The maximum Gasteiger partial charge on any atom is 0.130 e. The van der Waals surface area contributed by atoms with Crippen LogP contribution in [0.5, 0.6) is 0 Å². The summed E-state index contributed by atoms with van der Waals surface area (Å²) < 4.78 is 0. The van der Waals surface area contributed by atoms with Crippen molar-refractivity contribution in [3.63, 3.8) is 0 Å². The van der Waals surface area contributed by atoms with Gasteiger partial charge in [-0.1, -0.05) is 228 Å². The Morgan fingerprint density at radius 2 is 0.670 bits per heavy atom. The van der Waals surface area contributed by atoms with Gasteiger partial charge in [0.1, 0.15) is 18.5 Å². The zero-order valence-corrected chi connectivity index (χ0v) is 61.9. The van der Waals surface area contributed by atoms with Crippen LogP contribution in [0, 0.1) is 0 Å². The first-order valence-electron chi connectivity index (χ1n) is 32.8. The summed E-state index contributed by atoms with van der Waals surface area (Å²) >= 11 is 0. The molecule has 14 heteroatoms. The molecule has 0 saturated carbocycles. The van der Waals surface area contributed by atoms with E-state index in [4.69, 9.17) is 0 Å². The first kappa shape index (κ1) is 97.1. The van der Waals surface area contributed by atoms with Crippen LogP contribution in [-0.4, -0.2) is 70.2 Å². The molecule has 0 atom stereocenters. The van der Waals surface area contributed by atoms with E-state index in [0.29, 0.717) is 47.3 Å². The van der Waals surface area contributed by atoms with Crippen molar-refractivity contribution >= 4 is 0 Å². The topological polar surface area (TPSA) is 180 Å². The van der Waals surface area contributed by atoms with E-state index in [1.54, 1.807) is 74.6 Å². The minimum Gasteiger partial charge on any atom is -0.265 e. The lowest BCUT2D eigenvalue weighted by Gasteiger charge is -2.01. The number of aromatic nitrogens is 14. The molecular weight excluding hydrogens is 1080 g/mol. The molecule has 8 aromatic rings. The molecule has 0 aliphatic carbocycles. The molecule has 14 nitrogen and oxygen atoms in total. The van der Waals surface area contributed by atoms with Crippen molar-refractivity contribution in [2.45, 2.75) is 269 Å². The van der Waals surface area contributed by atoms with E-state index in [1.165, 1.54) is 22.3 Å². The summed E-state index contributed by atoms with van der Waals surface area (Å²) in [6, 6.07) is 17.8. The van der Waals surface area contributed by atoms with Gasteiger partial charge in [-0.05, 0) is 112 Å². The van der Waals surface area contributed by atoms with Crippen molar-refractivity contribution in [1.82, 2.24) is 70.2 Å². The van der Waals surface area contributed by atoms with Crippen LogP contribution in [0.4, 0.5) is 0 Å². The van der Waals surface area contributed by atoms with Crippen molar-refractivity contribution in [1.29, 1.82) is 0 Å². The first-order chi connectivity index (χ1) is 42.4. The lowest BCUT2D eigenvalue weighted by molar-refractivity contribution is 0.774. The quantitative estimate of drug-likeness (QED) is 0.140. The molecule has 8 aromatic heterocycles. The summed E-state index contributed by atoms with van der Waals surface area (Å²) in [7, 11) is 0. The largest absolute Gasteiger partial charge is 0.265 e. The van der Waals surface area contributed by atoms with Crippen molar-refractivity contribution < 1.29 is 0 Å². The zero-order chi connectivity index (χ0) is 69.5. The second-order valence-electron chi connectivity index (χ2n) is 18.7. The van der Waals surface area contributed by atoms with Gasteiger partial charge in [-0.2, -0.15) is 20.4 Å². The van der Waals surface area contributed by atoms with Gasteiger partial charge in [-0.15, -0.1) is 0 Å². The smallest absolute Gasteiger partial charge is 0.130 e. The van der Waals surface area contributed by atoms with Crippen LogP contribution in [0.15, 0.2) is 160 Å². The second kappa shape index (κ2) is 75.9. The summed E-state index contributed by atoms with van der Waals surface area (Å²) in [5.74, 6) is 5.13. The van der Waals surface area contributed by atoms with E-state index in [1.807, 2.05) is 190 Å². The Labute approximate surface area is 542 Å². The third-order valence-electron chi connectivity index (χ3n) is 9.90. The molecule has 0 aromatic carbocycles. The van der Waals surface area contributed by atoms with E-state index in [-0.39, 0.29) is 0 Å². The Morgan fingerprint density at radius 3 is 0.943 bits per heavy atom. The van der Waals surface area contributed by atoms with E-state index >= 15 is 0 Å². The average molecular weight is 1220 g/mol. The summed E-state index contributed by atoms with van der Waals surface area (Å²) in [5.41, 5.74) is 8.30. The van der Waals surface area contributed by atoms with Gasteiger partial charge in [0.2, 0.25) is 0 Å². The molecule has 0 aliphatic heterocycles. The van der Waals surface area contributed by atoms with Crippen LogP contribution >= 0.6 is 0 Å². The first-order valence-corrected chi connectivity index (χ1v) is 32.8. The monoisotopic (exact) mass is 1220 g/mol. The van der Waals surface area contributed by atoms with Gasteiger partial charge in [-0.25, -0.2) is 29.9 Å². The normalized spacial score (nSPS) is 8.82. The molecule has 0 fully saturated rings. The maximum atomic E-state index is 4.12. The standard InChI is InChI=1S/2C8H11N.6C7H10N2.8C2H6/c1-7(2)8-3-5-9-6-4-8;1-7(2)8-4-3-5-9-6-8;1-6(2)7-3-8-5-9-4-7;1-6(2)7-5-8-3-4-9-7;1-6(2)7-3-4-8-5-9-7;1-6(2)7-3-4-8-9-5-7;1-6(2)7-8-4-3-5-9-7;1-6(2)7-4-3-5-8-9-7;8*1-2/h2*3-7H,1-2H3;6*3-6H,1-2H3;8*1-2H3. The van der Waals surface area contributed by atoms with Gasteiger partial charge in [-0.3, -0.25) is 19.9 Å². The molecule has 0 N–H and O–H groups in total. The minimum absolute atomic E-state index is 0.436. The lowest BCUT2D eigenvalue weighted by atomic mass is 10.1. The fraction of sp³-hybridized carbons (Fsp3) is 0.541. The fourth-order valence-corrected chi connectivity index (χ4v) is 5.20. The summed E-state index contributed by atoms with van der Waals surface area (Å²) in [6.07, 6.45) is 29.9. The zero-order valence-electron chi connectivity index (χ0n) is 61.9. The maximum absolute atomic E-state index is 4.12. The minimum atomic E-state index is 0.436. The Balaban J connectivity index is -0.000000134. The summed E-state index contributed by atoms with van der Waals surface area (Å²) in [5, 5.41) is 15.1. The number of hydrogen-bond acceptors (Lipinski definition) is 14. The Hall–Kier alpha value is -7.22. The third kappa shape index (κ3) is 60.5. The Bertz CT molecular complexity index is 1880. The number of pyridine rings is 2. The predicted molar refractivity (Wildman–Crippen MR) is 384 cm³/mol. The molecule has 0 aliphatic rings. The molecule has 496 valence electrons. The number of rotatable bonds is 8. The van der Waals surface area contributed by atoms with Crippen LogP contribution in [0.2, 0.25) is 0 Å². The van der Waals surface area contributed by atoms with Crippen LogP contribution in [0.25, 0.3) is 0 Å². The molecular formula is C74H130N14. The van der Waals surface area contributed by atoms with Crippen molar-refractivity contribution in [3.05, 3.63) is 205 Å². The second-order valence-corrected chi connectivity index (χ2v) is 18.7. The highest BCUT2D eigenvalue weighted by Gasteiger charge is 2.01. The molecule has 0 spiro atoms. The molecule has 0 saturated heterocycles. The van der Waals surface area contributed by atoms with Crippen LogP contribution in [0.1, 0.15) is 314 Å². The summed E-state index contributed by atoms with van der Waals surface area (Å²) in [6.45, 7) is 66.0. The fourth-order valence-electron chi connectivity index (χ4n) is 5.20. The van der Waals surface area contributed by atoms with E-state index in [9.17, 15) is 0 Å².